The molecule has 2 aromatic heterocycles. The Kier molecular flexibility index (Phi) is 4.66. The fourth-order valence-electron chi connectivity index (χ4n) is 2.68. The van der Waals surface area contributed by atoms with Crippen LogP contribution in [0.15, 0.2) is 36.4 Å². The van der Waals surface area contributed by atoms with Crippen molar-refractivity contribution in [3.05, 3.63) is 59.2 Å². The van der Waals surface area contributed by atoms with Gasteiger partial charge in [-0.3, -0.25) is 4.79 Å². The second-order valence-corrected chi connectivity index (χ2v) is 6.12. The van der Waals surface area contributed by atoms with Gasteiger partial charge in [-0.2, -0.15) is 4.98 Å². The molecule has 0 aliphatic heterocycles. The van der Waals surface area contributed by atoms with Crippen LogP contribution in [-0.2, 0) is 11.3 Å². The Bertz CT molecular complexity index is 968. The van der Waals surface area contributed by atoms with Crippen LogP contribution in [0, 0.1) is 13.8 Å². The second-order valence-electron chi connectivity index (χ2n) is 6.12. The van der Waals surface area contributed by atoms with E-state index in [4.69, 9.17) is 0 Å². The predicted octanol–water partition coefficient (Wildman–Crippen LogP) is 1.86. The van der Waals surface area contributed by atoms with Gasteiger partial charge in [-0.25, -0.2) is 14.3 Å². The van der Waals surface area contributed by atoms with E-state index in [1.807, 2.05) is 50.2 Å². The molecule has 0 saturated heterocycles. The van der Waals surface area contributed by atoms with Gasteiger partial charge in [-0.1, -0.05) is 30.3 Å². The van der Waals surface area contributed by atoms with Crippen LogP contribution in [0.2, 0.25) is 0 Å². The summed E-state index contributed by atoms with van der Waals surface area (Å²) in [5.74, 6) is -1.40. The largest absolute Gasteiger partial charge is 0.480 e. The first-order valence-electron chi connectivity index (χ1n) is 8.15. The molecule has 0 saturated carbocycles. The molecule has 0 radical (unpaired) electrons. The minimum Gasteiger partial charge on any atom is -0.480 e. The molecule has 0 aliphatic rings. The molecule has 0 fully saturated rings. The van der Waals surface area contributed by atoms with Crippen LogP contribution in [-0.4, -0.2) is 47.5 Å². The van der Waals surface area contributed by atoms with Gasteiger partial charge >= 0.3 is 5.97 Å². The molecule has 1 N–H and O–H groups in total. The number of carbonyl (C=O) groups excluding carboxylic acids is 1. The van der Waals surface area contributed by atoms with Crippen molar-refractivity contribution in [1.29, 1.82) is 0 Å². The van der Waals surface area contributed by atoms with Gasteiger partial charge in [-0.15, -0.1) is 5.10 Å². The first-order chi connectivity index (χ1) is 12.4. The van der Waals surface area contributed by atoms with Gasteiger partial charge in [-0.05, 0) is 32.4 Å². The number of carbonyl (C=O) groups is 2. The van der Waals surface area contributed by atoms with Crippen molar-refractivity contribution in [2.24, 2.45) is 0 Å². The van der Waals surface area contributed by atoms with Crippen molar-refractivity contribution in [3.8, 4) is 0 Å². The molecule has 0 aliphatic carbocycles. The minimum atomic E-state index is -1.09. The average molecular weight is 353 g/mol. The smallest absolute Gasteiger partial charge is 0.326 e. The van der Waals surface area contributed by atoms with Crippen molar-refractivity contribution in [2.45, 2.75) is 33.4 Å². The van der Waals surface area contributed by atoms with Gasteiger partial charge < -0.3 is 10.0 Å². The van der Waals surface area contributed by atoms with Crippen molar-refractivity contribution in [3.63, 3.8) is 0 Å². The summed E-state index contributed by atoms with van der Waals surface area (Å²) in [6, 6.07) is 10.0. The molecule has 3 rings (SSSR count). The molecule has 2 heterocycles. The molecule has 0 bridgehead atoms. The highest BCUT2D eigenvalue weighted by atomic mass is 16.4. The van der Waals surface area contributed by atoms with Crippen molar-refractivity contribution >= 4 is 17.7 Å². The molecule has 26 heavy (non-hydrogen) atoms. The third kappa shape index (κ3) is 3.39. The van der Waals surface area contributed by atoms with Crippen LogP contribution in [0.1, 0.15) is 34.5 Å². The van der Waals surface area contributed by atoms with Gasteiger partial charge in [0.25, 0.3) is 11.7 Å². The van der Waals surface area contributed by atoms with E-state index in [9.17, 15) is 14.7 Å². The highest BCUT2D eigenvalue weighted by Crippen LogP contribution is 2.13. The Hall–Kier alpha value is -3.29. The predicted molar refractivity (Wildman–Crippen MR) is 93.7 cm³/mol. The lowest BCUT2D eigenvalue weighted by Gasteiger charge is -2.25. The van der Waals surface area contributed by atoms with E-state index in [1.54, 1.807) is 0 Å². The molecular weight excluding hydrogens is 334 g/mol. The molecule has 1 amide bonds. The molecule has 134 valence electrons. The Morgan fingerprint density at radius 3 is 2.54 bits per heavy atom. The summed E-state index contributed by atoms with van der Waals surface area (Å²) in [4.78, 5) is 34.1. The maximum absolute atomic E-state index is 13.0. The summed E-state index contributed by atoms with van der Waals surface area (Å²) in [7, 11) is 0. The van der Waals surface area contributed by atoms with Gasteiger partial charge in [0, 0.05) is 17.9 Å². The molecule has 1 aromatic carbocycles. The summed E-state index contributed by atoms with van der Waals surface area (Å²) in [6.45, 7) is 5.28. The number of aliphatic carboxylic acids is 1. The highest BCUT2D eigenvalue weighted by molar-refractivity contribution is 5.93. The summed E-state index contributed by atoms with van der Waals surface area (Å²) in [5, 5.41) is 13.6. The quantitative estimate of drug-likeness (QED) is 0.751. The molecule has 1 atom stereocenters. The number of fused-ring (bicyclic) bond motifs is 1. The number of aryl methyl sites for hydroxylation is 2. The molecule has 8 heteroatoms. The fraction of sp³-hybridized carbons (Fsp3) is 0.278. The van der Waals surface area contributed by atoms with Crippen LogP contribution in [0.5, 0.6) is 0 Å². The fourth-order valence-corrected chi connectivity index (χ4v) is 2.68. The van der Waals surface area contributed by atoms with Crippen molar-refractivity contribution in [1.82, 2.24) is 24.5 Å². The summed E-state index contributed by atoms with van der Waals surface area (Å²) < 4.78 is 1.48. The standard InChI is InChI=1S/C18H19N5O3/c1-11-9-12(2)23-18(19-11)20-15(21-23)16(24)22(13(3)17(25)26)10-14-7-5-4-6-8-14/h4-9,13H,10H2,1-3H3,(H,25,26). The molecule has 0 spiro atoms. The molecule has 8 nitrogen and oxygen atoms in total. The third-order valence-corrected chi connectivity index (χ3v) is 4.09. The highest BCUT2D eigenvalue weighted by Gasteiger charge is 2.29. The number of aromatic nitrogens is 4. The van der Waals surface area contributed by atoms with E-state index in [0.29, 0.717) is 5.78 Å². The van der Waals surface area contributed by atoms with Gasteiger partial charge in [0.2, 0.25) is 5.82 Å². The Morgan fingerprint density at radius 2 is 1.88 bits per heavy atom. The second kappa shape index (κ2) is 6.91. The summed E-state index contributed by atoms with van der Waals surface area (Å²) in [6.07, 6.45) is 0. The van der Waals surface area contributed by atoms with E-state index < -0.39 is 17.9 Å². The van der Waals surface area contributed by atoms with Crippen LogP contribution in [0.4, 0.5) is 0 Å². The lowest BCUT2D eigenvalue weighted by Crippen LogP contribution is -2.43. The third-order valence-electron chi connectivity index (χ3n) is 4.09. The Balaban J connectivity index is 1.99. The van der Waals surface area contributed by atoms with E-state index in [1.165, 1.54) is 16.3 Å². The zero-order valence-corrected chi connectivity index (χ0v) is 14.7. The first kappa shape index (κ1) is 17.5. The number of carboxylic acid groups (broad SMARTS) is 1. The Labute approximate surface area is 150 Å². The number of carboxylic acids is 1. The number of amides is 1. The lowest BCUT2D eigenvalue weighted by molar-refractivity contribution is -0.141. The van der Waals surface area contributed by atoms with Gasteiger partial charge in [0.05, 0.1) is 0 Å². The first-order valence-corrected chi connectivity index (χ1v) is 8.15. The monoisotopic (exact) mass is 353 g/mol. The van der Waals surface area contributed by atoms with E-state index in [0.717, 1.165) is 17.0 Å². The number of hydrogen-bond acceptors (Lipinski definition) is 5. The van der Waals surface area contributed by atoms with Crippen molar-refractivity contribution < 1.29 is 14.7 Å². The van der Waals surface area contributed by atoms with Gasteiger partial charge in [0.15, 0.2) is 0 Å². The maximum atomic E-state index is 13.0. The molecule has 3 aromatic rings. The molecule has 1 unspecified atom stereocenters. The van der Waals surface area contributed by atoms with Crippen LogP contribution < -0.4 is 0 Å². The molecular formula is C18H19N5O3. The number of hydrogen-bond donors (Lipinski definition) is 1. The SMILES string of the molecule is Cc1cc(C)n2nc(C(=O)N(Cc3ccccc3)C(C)C(=O)O)nc2n1. The van der Waals surface area contributed by atoms with Gasteiger partial charge in [0.1, 0.15) is 6.04 Å². The van der Waals surface area contributed by atoms with E-state index in [2.05, 4.69) is 15.1 Å². The van der Waals surface area contributed by atoms with E-state index in [-0.39, 0.29) is 12.4 Å². The number of benzene rings is 1. The number of rotatable bonds is 5. The Morgan fingerprint density at radius 1 is 1.19 bits per heavy atom. The lowest BCUT2D eigenvalue weighted by atomic mass is 10.1. The topological polar surface area (TPSA) is 101 Å². The van der Waals surface area contributed by atoms with E-state index >= 15 is 0 Å². The van der Waals surface area contributed by atoms with Crippen LogP contribution >= 0.6 is 0 Å². The summed E-state index contributed by atoms with van der Waals surface area (Å²) >= 11 is 0. The average Bonchev–Trinajstić information content (AvgIpc) is 3.03. The maximum Gasteiger partial charge on any atom is 0.326 e. The number of nitrogens with zero attached hydrogens (tertiary/aromatic N) is 5. The zero-order valence-electron chi connectivity index (χ0n) is 14.7. The van der Waals surface area contributed by atoms with Crippen molar-refractivity contribution in [2.75, 3.05) is 0 Å². The van der Waals surface area contributed by atoms with Crippen LogP contribution in [0.3, 0.4) is 0 Å². The van der Waals surface area contributed by atoms with Crippen LogP contribution in [0.25, 0.3) is 5.78 Å². The zero-order chi connectivity index (χ0) is 18.8. The normalized spacial score (nSPS) is 12.1. The minimum absolute atomic E-state index is 0.0739. The summed E-state index contributed by atoms with van der Waals surface area (Å²) in [5.41, 5.74) is 2.38.